The first kappa shape index (κ1) is 15.9. The molecule has 21 heavy (non-hydrogen) atoms. The zero-order valence-corrected chi connectivity index (χ0v) is 14.1. The summed E-state index contributed by atoms with van der Waals surface area (Å²) in [6.45, 7) is 5.96. The molecule has 0 radical (unpaired) electrons. The first-order valence-corrected chi connectivity index (χ1v) is 8.34. The van der Waals surface area contributed by atoms with E-state index in [0.29, 0.717) is 10.6 Å². The van der Waals surface area contributed by atoms with Crippen LogP contribution in [-0.4, -0.2) is 26.7 Å². The lowest BCUT2D eigenvalue weighted by Gasteiger charge is -2.18. The summed E-state index contributed by atoms with van der Waals surface area (Å²) >= 11 is 6.85. The summed E-state index contributed by atoms with van der Waals surface area (Å²) in [7, 11) is 0. The van der Waals surface area contributed by atoms with Gasteiger partial charge in [-0.2, -0.15) is 5.10 Å². The average Bonchev–Trinajstić information content (AvgIpc) is 3.06. The molecule has 1 amide bonds. The molecule has 0 bridgehead atoms. The molecular weight excluding hydrogens is 304 g/mol. The number of thiophene rings is 1. The number of amides is 1. The molecule has 2 rings (SSSR count). The Labute approximate surface area is 133 Å². The average molecular weight is 324 g/mol. The summed E-state index contributed by atoms with van der Waals surface area (Å²) in [6.07, 6.45) is 2.01. The van der Waals surface area contributed by atoms with Gasteiger partial charge < -0.3 is 5.32 Å². The van der Waals surface area contributed by atoms with Crippen LogP contribution >= 0.6 is 23.6 Å². The van der Waals surface area contributed by atoms with Crippen LogP contribution in [0.25, 0.3) is 10.7 Å². The second kappa shape index (κ2) is 7.00. The van der Waals surface area contributed by atoms with E-state index < -0.39 is 6.04 Å². The van der Waals surface area contributed by atoms with Crippen molar-refractivity contribution in [2.75, 3.05) is 0 Å². The fourth-order valence-corrected chi connectivity index (χ4v) is 3.23. The van der Waals surface area contributed by atoms with E-state index in [4.69, 9.17) is 12.2 Å². The molecule has 2 aromatic heterocycles. The van der Waals surface area contributed by atoms with Crippen molar-refractivity contribution in [3.05, 3.63) is 22.3 Å². The van der Waals surface area contributed by atoms with Crippen molar-refractivity contribution in [2.24, 2.45) is 0 Å². The van der Waals surface area contributed by atoms with Gasteiger partial charge in [-0.1, -0.05) is 19.4 Å². The van der Waals surface area contributed by atoms with Crippen LogP contribution in [0.4, 0.5) is 0 Å². The van der Waals surface area contributed by atoms with Gasteiger partial charge in [0.1, 0.15) is 6.04 Å². The Balaban J connectivity index is 2.23. The summed E-state index contributed by atoms with van der Waals surface area (Å²) in [6, 6.07) is 3.69. The molecule has 5 nitrogen and oxygen atoms in total. The zero-order valence-electron chi connectivity index (χ0n) is 12.4. The largest absolute Gasteiger partial charge is 0.352 e. The monoisotopic (exact) mass is 324 g/mol. The molecule has 2 atom stereocenters. The van der Waals surface area contributed by atoms with E-state index in [9.17, 15) is 4.79 Å². The predicted octanol–water partition coefficient (Wildman–Crippen LogP) is 3.53. The first-order chi connectivity index (χ1) is 10.0. The molecule has 0 aliphatic heterocycles. The van der Waals surface area contributed by atoms with Crippen molar-refractivity contribution in [1.82, 2.24) is 20.1 Å². The van der Waals surface area contributed by atoms with E-state index in [2.05, 4.69) is 22.4 Å². The van der Waals surface area contributed by atoms with Gasteiger partial charge in [-0.3, -0.25) is 14.5 Å². The van der Waals surface area contributed by atoms with Crippen molar-refractivity contribution in [3.8, 4) is 10.7 Å². The van der Waals surface area contributed by atoms with E-state index in [1.54, 1.807) is 15.9 Å². The Hall–Kier alpha value is -1.47. The highest BCUT2D eigenvalue weighted by molar-refractivity contribution is 7.71. The third-order valence-electron chi connectivity index (χ3n) is 3.32. The normalized spacial score (nSPS) is 13.9. The van der Waals surface area contributed by atoms with Crippen LogP contribution in [0, 0.1) is 4.77 Å². The molecule has 2 unspecified atom stereocenters. The number of carbonyl (C=O) groups excluding carboxylic acids is 1. The SMILES string of the molecule is CCCC(C)NC(=O)C(C)n1c(-c2cccs2)n[nH]c1=S. The lowest BCUT2D eigenvalue weighted by Crippen LogP contribution is -2.37. The highest BCUT2D eigenvalue weighted by Gasteiger charge is 2.22. The van der Waals surface area contributed by atoms with Crippen molar-refractivity contribution in [2.45, 2.75) is 45.7 Å². The molecule has 0 aliphatic carbocycles. The molecule has 2 N–H and O–H groups in total. The smallest absolute Gasteiger partial charge is 0.243 e. The second-order valence-corrected chi connectivity index (χ2v) is 6.41. The predicted molar refractivity (Wildman–Crippen MR) is 87.9 cm³/mol. The molecule has 7 heteroatoms. The van der Waals surface area contributed by atoms with Crippen molar-refractivity contribution < 1.29 is 4.79 Å². The molecule has 0 saturated carbocycles. The Morgan fingerprint density at radius 3 is 2.95 bits per heavy atom. The topological polar surface area (TPSA) is 62.7 Å². The van der Waals surface area contributed by atoms with Gasteiger partial charge >= 0.3 is 0 Å². The number of nitrogens with zero attached hydrogens (tertiary/aromatic N) is 2. The van der Waals surface area contributed by atoms with E-state index in [0.717, 1.165) is 17.7 Å². The maximum Gasteiger partial charge on any atom is 0.243 e. The minimum atomic E-state index is -0.396. The lowest BCUT2D eigenvalue weighted by atomic mass is 10.2. The van der Waals surface area contributed by atoms with Gasteiger partial charge in [0, 0.05) is 6.04 Å². The van der Waals surface area contributed by atoms with Gasteiger partial charge in [0.15, 0.2) is 10.6 Å². The number of aromatic amines is 1. The Kier molecular flexibility index (Phi) is 5.30. The standard InChI is InChI=1S/C14H20N4OS2/c1-4-6-9(2)15-13(19)10(3)18-12(16-17-14(18)20)11-7-5-8-21-11/h5,7-10H,4,6H2,1-3H3,(H,15,19)(H,17,20). The molecule has 0 spiro atoms. The zero-order chi connectivity index (χ0) is 15.4. The molecule has 0 aliphatic rings. The van der Waals surface area contributed by atoms with Crippen LogP contribution in [0.3, 0.4) is 0 Å². The van der Waals surface area contributed by atoms with Crippen molar-refractivity contribution in [1.29, 1.82) is 0 Å². The van der Waals surface area contributed by atoms with Gasteiger partial charge in [0.25, 0.3) is 0 Å². The number of rotatable bonds is 6. The lowest BCUT2D eigenvalue weighted by molar-refractivity contribution is -0.124. The third kappa shape index (κ3) is 3.59. The molecule has 2 heterocycles. The quantitative estimate of drug-likeness (QED) is 0.799. The van der Waals surface area contributed by atoms with E-state index >= 15 is 0 Å². The summed E-state index contributed by atoms with van der Waals surface area (Å²) in [5.41, 5.74) is 0. The number of carbonyl (C=O) groups is 1. The van der Waals surface area contributed by atoms with Crippen LogP contribution in [0.2, 0.25) is 0 Å². The number of nitrogens with one attached hydrogen (secondary N) is 2. The van der Waals surface area contributed by atoms with E-state index in [-0.39, 0.29) is 11.9 Å². The Morgan fingerprint density at radius 1 is 1.57 bits per heavy atom. The fraction of sp³-hybridized carbons (Fsp3) is 0.500. The minimum Gasteiger partial charge on any atom is -0.352 e. The van der Waals surface area contributed by atoms with E-state index in [1.165, 1.54) is 0 Å². The van der Waals surface area contributed by atoms with Crippen LogP contribution in [0.5, 0.6) is 0 Å². The summed E-state index contributed by atoms with van der Waals surface area (Å²) in [5.74, 6) is 0.673. The Morgan fingerprint density at radius 2 is 2.33 bits per heavy atom. The summed E-state index contributed by atoms with van der Waals surface area (Å²) < 4.78 is 2.24. The molecule has 114 valence electrons. The van der Waals surface area contributed by atoms with Crippen LogP contribution in [0.1, 0.15) is 39.7 Å². The summed E-state index contributed by atoms with van der Waals surface area (Å²) in [4.78, 5) is 13.4. The fourth-order valence-electron chi connectivity index (χ4n) is 2.23. The number of H-pyrrole nitrogens is 1. The van der Waals surface area contributed by atoms with Gasteiger partial charge in [-0.15, -0.1) is 11.3 Å². The van der Waals surface area contributed by atoms with Crippen LogP contribution in [-0.2, 0) is 4.79 Å². The van der Waals surface area contributed by atoms with Gasteiger partial charge in [0.2, 0.25) is 5.91 Å². The summed E-state index contributed by atoms with van der Waals surface area (Å²) in [5, 5.41) is 12.0. The molecule has 0 aromatic carbocycles. The molecule has 0 fully saturated rings. The van der Waals surface area contributed by atoms with Crippen molar-refractivity contribution >= 4 is 29.5 Å². The highest BCUT2D eigenvalue weighted by Crippen LogP contribution is 2.25. The molecule has 0 saturated heterocycles. The van der Waals surface area contributed by atoms with Gasteiger partial charge in [0.05, 0.1) is 4.88 Å². The van der Waals surface area contributed by atoms with Crippen LogP contribution < -0.4 is 5.32 Å². The number of hydrogen-bond acceptors (Lipinski definition) is 4. The van der Waals surface area contributed by atoms with Crippen molar-refractivity contribution in [3.63, 3.8) is 0 Å². The number of hydrogen-bond donors (Lipinski definition) is 2. The van der Waals surface area contributed by atoms with Gasteiger partial charge in [-0.25, -0.2) is 0 Å². The maximum atomic E-state index is 12.4. The molecule has 2 aromatic rings. The number of aromatic nitrogens is 3. The molecular formula is C14H20N4OS2. The maximum absolute atomic E-state index is 12.4. The van der Waals surface area contributed by atoms with E-state index in [1.807, 2.05) is 31.4 Å². The highest BCUT2D eigenvalue weighted by atomic mass is 32.1. The van der Waals surface area contributed by atoms with Crippen LogP contribution in [0.15, 0.2) is 17.5 Å². The first-order valence-electron chi connectivity index (χ1n) is 7.05. The minimum absolute atomic E-state index is 0.0359. The second-order valence-electron chi connectivity index (χ2n) is 5.07. The Bertz CT molecular complexity index is 644. The third-order valence-corrected chi connectivity index (χ3v) is 4.48. The van der Waals surface area contributed by atoms with Gasteiger partial charge in [-0.05, 0) is 43.9 Å².